The molecule has 0 spiro atoms. The van der Waals surface area contributed by atoms with E-state index < -0.39 is 122 Å². The second kappa shape index (κ2) is 19.8. The van der Waals surface area contributed by atoms with Gasteiger partial charge in [0.15, 0.2) is 0 Å². The Labute approximate surface area is 326 Å². The summed E-state index contributed by atoms with van der Waals surface area (Å²) in [6.45, 7) is 9.33. The summed E-state index contributed by atoms with van der Waals surface area (Å²) in [5, 5.41) is 0. The Balaban J connectivity index is -0.000000454. The molecular weight excluding hydrogens is 973 g/mol. The molecule has 0 heterocycles. The lowest BCUT2D eigenvalue weighted by Crippen LogP contribution is -2.70. The van der Waals surface area contributed by atoms with Crippen LogP contribution in [0.4, 0.5) is 119 Å². The van der Waals surface area contributed by atoms with E-state index in [4.69, 9.17) is 0 Å². The van der Waals surface area contributed by atoms with Crippen LogP contribution in [0.3, 0.4) is 0 Å². The number of alkyl halides is 26. The third-order valence-corrected chi connectivity index (χ3v) is 12.0. The first kappa shape index (κ1) is 65.2. The van der Waals surface area contributed by atoms with Crippen LogP contribution >= 0.6 is 0 Å². The van der Waals surface area contributed by atoms with E-state index in [-0.39, 0.29) is 7.43 Å². The molecule has 4 nitrogen and oxygen atoms in total. The van der Waals surface area contributed by atoms with Gasteiger partial charge in [0.1, 0.15) is 0 Å². The minimum atomic E-state index is -7.91. The van der Waals surface area contributed by atoms with Crippen LogP contribution in [0, 0.1) is 0 Å². The first-order valence-electron chi connectivity index (χ1n) is 15.0. The highest BCUT2D eigenvalue weighted by Gasteiger charge is 2.92. The van der Waals surface area contributed by atoms with Crippen LogP contribution in [0.1, 0.15) is 20.3 Å². The van der Waals surface area contributed by atoms with E-state index in [0.717, 1.165) is 21.3 Å². The molecule has 0 amide bonds. The molecule has 368 valence electrons. The third-order valence-electron chi connectivity index (χ3n) is 7.10. The Morgan fingerprint density at radius 2 is 0.550 bits per heavy atom. The monoisotopic (exact) mass is 1010 g/mol. The maximum Gasteiger partial charge on any atom is 0.500 e. The molecule has 0 unspecified atom stereocenters. The lowest BCUT2D eigenvalue weighted by molar-refractivity contribution is -0.440. The quantitative estimate of drug-likeness (QED) is 0.101. The van der Waals surface area contributed by atoms with E-state index in [0.29, 0.717) is 0 Å². The fraction of sp³-hybridized carbons (Fsp3) is 1.00. The highest BCUT2D eigenvalue weighted by Crippen LogP contribution is 2.62. The molecule has 0 aliphatic rings. The largest absolute Gasteiger partial charge is 0.500 e. The van der Waals surface area contributed by atoms with Crippen molar-refractivity contribution in [1.29, 1.82) is 0 Å². The Morgan fingerprint density at radius 3 is 0.717 bits per heavy atom. The molecule has 0 aliphatic heterocycles. The van der Waals surface area contributed by atoms with E-state index in [9.17, 15) is 119 Å². The van der Waals surface area contributed by atoms with Crippen molar-refractivity contribution in [3.05, 3.63) is 0 Å². The zero-order valence-corrected chi connectivity index (χ0v) is 34.2. The highest BCUT2D eigenvalue weighted by atomic mass is 28.4. The van der Waals surface area contributed by atoms with Gasteiger partial charge in [-0.1, -0.05) is 37.6 Å². The molecule has 34 heteroatoms. The first-order valence-corrected chi connectivity index (χ1v) is 24.1. The molecule has 0 fully saturated rings. The fourth-order valence-electron chi connectivity index (χ4n) is 3.32. The summed E-state index contributed by atoms with van der Waals surface area (Å²) < 4.78 is 363. The number of halogens is 27. The van der Waals surface area contributed by atoms with Crippen LogP contribution in [0.15, 0.2) is 0 Å². The maximum atomic E-state index is 13.6. The maximum absolute atomic E-state index is 13.6. The van der Waals surface area contributed by atoms with Crippen LogP contribution in [0.5, 0.6) is 0 Å². The molecule has 0 rings (SSSR count). The van der Waals surface area contributed by atoms with Gasteiger partial charge in [-0.05, 0) is 19.6 Å². The van der Waals surface area contributed by atoms with Crippen molar-refractivity contribution in [2.45, 2.75) is 143 Å². The average Bonchev–Trinajstić information content (AvgIpc) is 3.03. The first-order chi connectivity index (χ1) is 25.2. The zero-order valence-electron chi connectivity index (χ0n) is 31.2. The van der Waals surface area contributed by atoms with Crippen molar-refractivity contribution >= 4 is 25.2 Å². The molecule has 0 saturated heterocycles. The molecule has 0 aliphatic carbocycles. The van der Waals surface area contributed by atoms with E-state index in [1.54, 1.807) is 19.6 Å². The second-order valence-electron chi connectivity index (χ2n) is 14.0. The molecule has 60 heavy (non-hydrogen) atoms. The van der Waals surface area contributed by atoms with Gasteiger partial charge in [0.05, 0.1) is 0 Å². The standard InChI is InChI=1S/C11H13F13O3Si.C11H13F13Si.C3H9FOSi.CH4/c1-25-28(26-2,27-3)5-4-6(12,13)7(14,15)8(16,17)9(18,19)10(20,21)11(22,23)24;1-25(2,3)5-4-6(12,13)7(14,15)8(16,17)9(18,19)10(20,21)11(22,23)24;1-6(2,3)5-4;/h4-5H2,1-3H3;4-5H2,1-3H3;1-3H3;1H4. The predicted octanol–water partition coefficient (Wildman–Crippen LogP) is 13.8. The van der Waals surface area contributed by atoms with Crippen LogP contribution in [0.2, 0.25) is 51.4 Å². The normalized spacial score (nSPS) is 15.4. The van der Waals surface area contributed by atoms with Gasteiger partial charge < -0.3 is 13.3 Å². The molecule has 0 saturated carbocycles. The van der Waals surface area contributed by atoms with Crippen molar-refractivity contribution in [2.75, 3.05) is 21.3 Å². The predicted molar refractivity (Wildman–Crippen MR) is 163 cm³/mol. The molecule has 0 atom stereocenters. The van der Waals surface area contributed by atoms with Gasteiger partial charge in [-0.3, -0.25) is 0 Å². The Morgan fingerprint density at radius 1 is 0.350 bits per heavy atom. The Hall–Kier alpha value is -1.40. The topological polar surface area (TPSA) is 36.9 Å². The summed E-state index contributed by atoms with van der Waals surface area (Å²) >= 11 is 0. The van der Waals surface area contributed by atoms with Gasteiger partial charge in [0.25, 0.3) is 0 Å². The van der Waals surface area contributed by atoms with Crippen molar-refractivity contribution in [2.24, 2.45) is 0 Å². The Kier molecular flexibility index (Phi) is 21.5. The van der Waals surface area contributed by atoms with Crippen molar-refractivity contribution in [3.63, 3.8) is 0 Å². The molecule has 0 aromatic heterocycles. The second-order valence-corrected chi connectivity index (χ2v) is 27.1. The molecule has 0 radical (unpaired) electrons. The molecule has 0 aromatic rings. The molecular formula is C26H39F27O4Si3. The lowest BCUT2D eigenvalue weighted by atomic mass is 9.93. The summed E-state index contributed by atoms with van der Waals surface area (Å²) in [5.41, 5.74) is 0. The van der Waals surface area contributed by atoms with Gasteiger partial charge in [-0.15, -0.1) is 0 Å². The van der Waals surface area contributed by atoms with Gasteiger partial charge in [-0.25, -0.2) is 4.63 Å². The Bertz CT molecular complexity index is 1300. The summed E-state index contributed by atoms with van der Waals surface area (Å²) in [5.74, 6) is -73.2. The molecule has 0 N–H and O–H groups in total. The SMILES string of the molecule is C.CO[Si](CCC(F)(F)C(F)(F)C(F)(F)C(F)(F)C(F)(F)C(F)(F)F)(OC)OC.C[Si](C)(C)CCC(F)(F)C(F)(F)C(F)(F)C(F)(F)C(F)(F)C(F)(F)F.C[Si](C)(C)OF. The zero-order chi connectivity index (χ0) is 49.2. The summed E-state index contributed by atoms with van der Waals surface area (Å²) in [6, 6.07) is -2.19. The van der Waals surface area contributed by atoms with E-state index in [2.05, 4.69) is 17.9 Å². The third kappa shape index (κ3) is 13.3. The average molecular weight is 1010 g/mol. The van der Waals surface area contributed by atoms with Crippen molar-refractivity contribution in [3.8, 4) is 0 Å². The van der Waals surface area contributed by atoms with E-state index >= 15 is 0 Å². The fourth-order valence-corrected chi connectivity index (χ4v) is 6.11. The highest BCUT2D eigenvalue weighted by molar-refractivity contribution is 6.76. The number of hydrogen-bond donors (Lipinski definition) is 0. The van der Waals surface area contributed by atoms with Crippen molar-refractivity contribution in [1.82, 2.24) is 0 Å². The molecule has 0 bridgehead atoms. The molecule has 0 aromatic carbocycles. The number of rotatable bonds is 18. The van der Waals surface area contributed by atoms with E-state index in [1.165, 1.54) is 19.6 Å². The van der Waals surface area contributed by atoms with Crippen LogP contribution in [0.25, 0.3) is 0 Å². The minimum absolute atomic E-state index is 0. The summed E-state index contributed by atoms with van der Waals surface area (Å²) in [6.07, 6.45) is -19.3. The summed E-state index contributed by atoms with van der Waals surface area (Å²) in [4.78, 5) is 0. The van der Waals surface area contributed by atoms with Crippen LogP contribution < -0.4 is 0 Å². The van der Waals surface area contributed by atoms with Gasteiger partial charge in [-0.2, -0.15) is 114 Å². The minimum Gasteiger partial charge on any atom is -0.377 e. The van der Waals surface area contributed by atoms with Gasteiger partial charge in [0.2, 0.25) is 8.32 Å². The van der Waals surface area contributed by atoms with Crippen molar-refractivity contribution < 1.29 is 137 Å². The smallest absolute Gasteiger partial charge is 0.377 e. The van der Waals surface area contributed by atoms with E-state index in [1.807, 2.05) is 0 Å². The lowest BCUT2D eigenvalue weighted by Gasteiger charge is -2.40. The van der Waals surface area contributed by atoms with Gasteiger partial charge >= 0.3 is 80.4 Å². The number of hydrogen-bond acceptors (Lipinski definition) is 4. The van der Waals surface area contributed by atoms with Crippen LogP contribution in [-0.4, -0.2) is 118 Å². The summed E-state index contributed by atoms with van der Waals surface area (Å²) in [7, 11) is -6.20. The van der Waals surface area contributed by atoms with Crippen LogP contribution in [-0.2, 0) is 17.9 Å². The van der Waals surface area contributed by atoms with Gasteiger partial charge in [0, 0.05) is 48.3 Å².